The van der Waals surface area contributed by atoms with Gasteiger partial charge in [0, 0.05) is 6.20 Å². The molecule has 0 bridgehead atoms. The number of nitriles is 3. The first kappa shape index (κ1) is 6.86. The van der Waals surface area contributed by atoms with E-state index in [1.165, 1.54) is 6.20 Å². The summed E-state index contributed by atoms with van der Waals surface area (Å²) < 4.78 is 0. The Morgan fingerprint density at radius 2 is 1.82 bits per heavy atom. The monoisotopic (exact) mass is 142 g/mol. The van der Waals surface area contributed by atoms with E-state index in [1.807, 2.05) is 0 Å². The van der Waals surface area contributed by atoms with E-state index in [1.54, 1.807) is 18.2 Å². The van der Waals surface area contributed by atoms with Gasteiger partial charge in [0.25, 0.3) is 0 Å². The fraction of sp³-hybridized carbons (Fsp3) is 0. The number of nitrogens with zero attached hydrogens (tertiary/aromatic N) is 3. The first-order valence-corrected chi connectivity index (χ1v) is 2.75. The largest absolute Gasteiger partial charge is 0.351 e. The van der Waals surface area contributed by atoms with Crippen LogP contribution in [0.4, 0.5) is 0 Å². The van der Waals surface area contributed by atoms with Crippen molar-refractivity contribution >= 4 is 0 Å². The van der Waals surface area contributed by atoms with Crippen LogP contribution in [0.15, 0.2) is 6.20 Å². The Morgan fingerprint density at radius 1 is 1.09 bits per heavy atom. The van der Waals surface area contributed by atoms with Crippen LogP contribution in [0.2, 0.25) is 0 Å². The van der Waals surface area contributed by atoms with E-state index < -0.39 is 0 Å². The number of nitrogens with one attached hydrogen (secondary N) is 1. The van der Waals surface area contributed by atoms with Crippen LogP contribution < -0.4 is 0 Å². The molecule has 0 saturated carbocycles. The fourth-order valence-electron chi connectivity index (χ4n) is 0.716. The number of hydrogen-bond donors (Lipinski definition) is 1. The van der Waals surface area contributed by atoms with E-state index in [0.717, 1.165) is 0 Å². The van der Waals surface area contributed by atoms with Gasteiger partial charge in [0.2, 0.25) is 0 Å². The highest BCUT2D eigenvalue weighted by Gasteiger charge is 2.08. The minimum Gasteiger partial charge on any atom is -0.351 e. The second-order valence-corrected chi connectivity index (χ2v) is 1.79. The van der Waals surface area contributed by atoms with Crippen molar-refractivity contribution in [1.29, 1.82) is 15.8 Å². The number of H-pyrrole nitrogens is 1. The van der Waals surface area contributed by atoms with E-state index in [0.29, 0.717) is 0 Å². The SMILES string of the molecule is N#Cc1c[nH]c(C#N)c1C#N. The second kappa shape index (κ2) is 2.56. The predicted octanol–water partition coefficient (Wildman–Crippen LogP) is 0.630. The zero-order valence-electron chi connectivity index (χ0n) is 5.42. The molecule has 4 heteroatoms. The third kappa shape index (κ3) is 0.913. The summed E-state index contributed by atoms with van der Waals surface area (Å²) in [6.45, 7) is 0. The highest BCUT2D eigenvalue weighted by atomic mass is 14.7. The summed E-state index contributed by atoms with van der Waals surface area (Å²) in [5.41, 5.74) is 0.475. The Labute approximate surface area is 62.9 Å². The maximum Gasteiger partial charge on any atom is 0.136 e. The molecule has 50 valence electrons. The number of rotatable bonds is 0. The van der Waals surface area contributed by atoms with Crippen molar-refractivity contribution < 1.29 is 0 Å². The molecule has 0 radical (unpaired) electrons. The van der Waals surface area contributed by atoms with Gasteiger partial charge in [-0.1, -0.05) is 0 Å². The lowest BCUT2D eigenvalue weighted by Crippen LogP contribution is -1.79. The number of aromatic nitrogens is 1. The molecule has 0 unspecified atom stereocenters. The molecule has 0 aliphatic heterocycles. The molecule has 0 aliphatic rings. The van der Waals surface area contributed by atoms with Crippen LogP contribution >= 0.6 is 0 Å². The quantitative estimate of drug-likeness (QED) is 0.576. The molecule has 4 nitrogen and oxygen atoms in total. The fourth-order valence-corrected chi connectivity index (χ4v) is 0.716. The van der Waals surface area contributed by atoms with Gasteiger partial charge in [0.15, 0.2) is 0 Å². The molecule has 0 amide bonds. The van der Waals surface area contributed by atoms with Crippen LogP contribution in [0, 0.1) is 34.0 Å². The molecule has 0 aliphatic carbocycles. The van der Waals surface area contributed by atoms with Crippen LogP contribution in [0.25, 0.3) is 0 Å². The first-order valence-electron chi connectivity index (χ1n) is 2.75. The minimum absolute atomic E-state index is 0.120. The van der Waals surface area contributed by atoms with Gasteiger partial charge in [-0.05, 0) is 0 Å². The van der Waals surface area contributed by atoms with E-state index >= 15 is 0 Å². The average Bonchev–Trinajstić information content (AvgIpc) is 2.45. The molecule has 0 aromatic carbocycles. The van der Waals surface area contributed by atoms with Gasteiger partial charge < -0.3 is 4.98 Å². The van der Waals surface area contributed by atoms with Gasteiger partial charge in [-0.2, -0.15) is 15.8 Å². The number of hydrogen-bond acceptors (Lipinski definition) is 3. The van der Waals surface area contributed by atoms with Gasteiger partial charge in [-0.3, -0.25) is 0 Å². The second-order valence-electron chi connectivity index (χ2n) is 1.79. The van der Waals surface area contributed by atoms with Gasteiger partial charge in [-0.15, -0.1) is 0 Å². The molecule has 0 atom stereocenters. The van der Waals surface area contributed by atoms with Crippen LogP contribution in [0.3, 0.4) is 0 Å². The molecule has 1 aromatic heterocycles. The highest BCUT2D eigenvalue weighted by Crippen LogP contribution is 2.09. The summed E-state index contributed by atoms with van der Waals surface area (Å²) in [5, 5.41) is 25.3. The maximum absolute atomic E-state index is 8.48. The molecule has 1 aromatic rings. The maximum atomic E-state index is 8.48. The van der Waals surface area contributed by atoms with Crippen molar-refractivity contribution in [3.05, 3.63) is 23.0 Å². The predicted molar refractivity (Wildman–Crippen MR) is 34.9 cm³/mol. The molecule has 0 fully saturated rings. The molecule has 1 heterocycles. The molecule has 0 saturated heterocycles. The molecular weight excluding hydrogens is 140 g/mol. The summed E-state index contributed by atoms with van der Waals surface area (Å²) in [5.74, 6) is 0. The average molecular weight is 142 g/mol. The molecular formula is C7H2N4. The van der Waals surface area contributed by atoms with Crippen LogP contribution in [0.5, 0.6) is 0 Å². The molecule has 0 spiro atoms. The van der Waals surface area contributed by atoms with Gasteiger partial charge >= 0.3 is 0 Å². The summed E-state index contributed by atoms with van der Waals surface area (Å²) in [6, 6.07) is 5.34. The zero-order chi connectivity index (χ0) is 8.27. The Bertz CT molecular complexity index is 362. The third-order valence-electron chi connectivity index (χ3n) is 1.22. The molecule has 1 rings (SSSR count). The minimum atomic E-state index is 0.120. The summed E-state index contributed by atoms with van der Waals surface area (Å²) in [4.78, 5) is 2.52. The van der Waals surface area contributed by atoms with Crippen molar-refractivity contribution in [2.45, 2.75) is 0 Å². The first-order chi connectivity index (χ1) is 5.33. The highest BCUT2D eigenvalue weighted by molar-refractivity contribution is 5.52. The summed E-state index contributed by atoms with van der Waals surface area (Å²) in [6.07, 6.45) is 1.34. The van der Waals surface area contributed by atoms with E-state index in [2.05, 4.69) is 4.98 Å². The van der Waals surface area contributed by atoms with Crippen molar-refractivity contribution in [1.82, 2.24) is 4.98 Å². The lowest BCUT2D eigenvalue weighted by molar-refractivity contribution is 1.32. The Hall–Kier alpha value is -2.25. The standard InChI is InChI=1S/C7H2N4/c8-1-5-4-11-7(3-10)6(5)2-9/h4,11H. The summed E-state index contributed by atoms with van der Waals surface area (Å²) in [7, 11) is 0. The van der Waals surface area contributed by atoms with E-state index in [9.17, 15) is 0 Å². The zero-order valence-corrected chi connectivity index (χ0v) is 5.42. The Balaban J connectivity index is 3.41. The van der Waals surface area contributed by atoms with Gasteiger partial charge in [-0.25, -0.2) is 0 Å². The van der Waals surface area contributed by atoms with Gasteiger partial charge in [0.05, 0.1) is 5.56 Å². The van der Waals surface area contributed by atoms with E-state index in [-0.39, 0.29) is 16.8 Å². The third-order valence-corrected chi connectivity index (χ3v) is 1.22. The van der Waals surface area contributed by atoms with Crippen LogP contribution in [-0.2, 0) is 0 Å². The lowest BCUT2D eigenvalue weighted by Gasteiger charge is -1.79. The molecule has 1 N–H and O–H groups in total. The van der Waals surface area contributed by atoms with Crippen molar-refractivity contribution in [2.24, 2.45) is 0 Å². The van der Waals surface area contributed by atoms with Crippen molar-refractivity contribution in [3.63, 3.8) is 0 Å². The normalized spacial score (nSPS) is 7.73. The van der Waals surface area contributed by atoms with Crippen LogP contribution in [0.1, 0.15) is 16.8 Å². The van der Waals surface area contributed by atoms with Crippen molar-refractivity contribution in [3.8, 4) is 18.2 Å². The number of aromatic amines is 1. The smallest absolute Gasteiger partial charge is 0.136 e. The Morgan fingerprint density at radius 3 is 2.27 bits per heavy atom. The topological polar surface area (TPSA) is 87.2 Å². The lowest BCUT2D eigenvalue weighted by atomic mass is 10.2. The Kier molecular flexibility index (Phi) is 1.60. The summed E-state index contributed by atoms with van der Waals surface area (Å²) >= 11 is 0. The van der Waals surface area contributed by atoms with Crippen molar-refractivity contribution in [2.75, 3.05) is 0 Å². The van der Waals surface area contributed by atoms with E-state index in [4.69, 9.17) is 15.8 Å². The van der Waals surface area contributed by atoms with Crippen LogP contribution in [-0.4, -0.2) is 4.98 Å². The molecule has 11 heavy (non-hydrogen) atoms. The van der Waals surface area contributed by atoms with Gasteiger partial charge in [0.1, 0.15) is 29.5 Å².